The molecule has 1 aliphatic rings. The van der Waals surface area contributed by atoms with Gasteiger partial charge in [-0.1, -0.05) is 6.07 Å². The number of nitrogens with one attached hydrogen (secondary N) is 3. The lowest BCUT2D eigenvalue weighted by Gasteiger charge is -2.10. The van der Waals surface area contributed by atoms with Crippen molar-refractivity contribution in [2.45, 2.75) is 32.4 Å². The van der Waals surface area contributed by atoms with E-state index in [1.807, 2.05) is 49.2 Å². The van der Waals surface area contributed by atoms with Gasteiger partial charge >= 0.3 is 0 Å². The third-order valence-corrected chi connectivity index (χ3v) is 5.55. The number of aryl methyl sites for hydroxylation is 2. The molecule has 3 N–H and O–H groups in total. The van der Waals surface area contributed by atoms with Crippen molar-refractivity contribution in [1.82, 2.24) is 30.6 Å². The minimum atomic E-state index is -0.337. The van der Waals surface area contributed by atoms with E-state index in [1.54, 1.807) is 6.20 Å². The maximum absolute atomic E-state index is 12.6. The molecule has 1 amide bonds. The van der Waals surface area contributed by atoms with E-state index in [0.29, 0.717) is 11.6 Å². The van der Waals surface area contributed by atoms with Gasteiger partial charge in [-0.2, -0.15) is 5.10 Å². The van der Waals surface area contributed by atoms with E-state index >= 15 is 0 Å². The highest BCUT2D eigenvalue weighted by Crippen LogP contribution is 2.28. The fraction of sp³-hybridized carbons (Fsp3) is 0.333. The van der Waals surface area contributed by atoms with Gasteiger partial charge in [-0.05, 0) is 32.4 Å². The molecule has 4 rings (SSSR count). The molecule has 0 aromatic carbocycles. The molecule has 2 atom stereocenters. The Balaban J connectivity index is 1.42. The first-order valence-corrected chi connectivity index (χ1v) is 9.60. The van der Waals surface area contributed by atoms with Crippen LogP contribution in [-0.4, -0.2) is 31.7 Å². The quantitative estimate of drug-likeness (QED) is 0.638. The summed E-state index contributed by atoms with van der Waals surface area (Å²) in [5.74, 6) is -0.105. The van der Waals surface area contributed by atoms with Gasteiger partial charge in [0.2, 0.25) is 5.91 Å². The molecule has 140 valence electrons. The smallest absolute Gasteiger partial charge is 0.244 e. The number of carbonyl (C=O) groups excluding carboxylic acids is 1. The number of aromatic nitrogens is 4. The maximum atomic E-state index is 12.6. The van der Waals surface area contributed by atoms with E-state index in [9.17, 15) is 4.79 Å². The molecule has 4 heterocycles. The Morgan fingerprint density at radius 3 is 2.85 bits per heavy atom. The lowest BCUT2D eigenvalue weighted by molar-refractivity contribution is -0.117. The first kappa shape index (κ1) is 17.8. The molecule has 3 aromatic rings. The average molecular weight is 383 g/mol. The summed E-state index contributed by atoms with van der Waals surface area (Å²) in [7, 11) is 1.93. The molecule has 0 radical (unpaired) electrons. The van der Waals surface area contributed by atoms with E-state index < -0.39 is 0 Å². The minimum absolute atomic E-state index is 0.0508. The second-order valence-corrected chi connectivity index (χ2v) is 7.44. The number of carbonyl (C=O) groups is 1. The molecule has 0 aliphatic carbocycles. The van der Waals surface area contributed by atoms with Gasteiger partial charge in [0.25, 0.3) is 0 Å². The van der Waals surface area contributed by atoms with Crippen molar-refractivity contribution in [2.75, 3.05) is 5.32 Å². The number of amides is 1. The summed E-state index contributed by atoms with van der Waals surface area (Å²) in [6.07, 6.45) is 2.38. The molecule has 0 spiro atoms. The summed E-state index contributed by atoms with van der Waals surface area (Å²) in [6, 6.07) is 5.38. The molecule has 1 aliphatic heterocycles. The molecule has 2 unspecified atom stereocenters. The van der Waals surface area contributed by atoms with Crippen molar-refractivity contribution < 1.29 is 4.79 Å². The lowest BCUT2D eigenvalue weighted by atomic mass is 10.00. The largest absolute Gasteiger partial charge is 0.301 e. The molecule has 1 fully saturated rings. The normalized spacial score (nSPS) is 19.4. The van der Waals surface area contributed by atoms with Crippen LogP contribution in [0, 0.1) is 13.8 Å². The van der Waals surface area contributed by atoms with Crippen LogP contribution in [0.5, 0.6) is 0 Å². The fourth-order valence-corrected chi connectivity index (χ4v) is 4.07. The molecular weight excluding hydrogens is 362 g/mol. The number of rotatable bonds is 4. The Labute approximate surface area is 161 Å². The minimum Gasteiger partial charge on any atom is -0.301 e. The molecular formula is C18H21N7OS. The van der Waals surface area contributed by atoms with Crippen LogP contribution in [0.15, 0.2) is 29.8 Å². The Bertz CT molecular complexity index is 966. The number of hydrogen-bond acceptors (Lipinski definition) is 7. The molecule has 9 heteroatoms. The van der Waals surface area contributed by atoms with Crippen LogP contribution < -0.4 is 16.2 Å². The predicted octanol–water partition coefficient (Wildman–Crippen LogP) is 2.10. The van der Waals surface area contributed by atoms with Gasteiger partial charge < -0.3 is 5.32 Å². The molecule has 8 nitrogen and oxygen atoms in total. The van der Waals surface area contributed by atoms with Crippen LogP contribution in [0.1, 0.15) is 29.4 Å². The lowest BCUT2D eigenvalue weighted by Crippen LogP contribution is -2.39. The summed E-state index contributed by atoms with van der Waals surface area (Å²) in [4.78, 5) is 21.4. The first-order chi connectivity index (χ1) is 13.0. The third-order valence-electron chi connectivity index (χ3n) is 4.79. The van der Waals surface area contributed by atoms with Crippen molar-refractivity contribution in [1.29, 1.82) is 0 Å². The SMILES string of the molecule is Cc1nn(C)c(C)c1C1CC(C(=O)Nc2nc(-c3ccccn3)cs2)NN1. The molecule has 0 saturated carbocycles. The molecule has 27 heavy (non-hydrogen) atoms. The van der Waals surface area contributed by atoms with Crippen LogP contribution in [0.4, 0.5) is 5.13 Å². The third kappa shape index (κ3) is 3.48. The number of hydrazine groups is 1. The van der Waals surface area contributed by atoms with Gasteiger partial charge in [0.1, 0.15) is 11.7 Å². The number of pyridine rings is 1. The zero-order valence-electron chi connectivity index (χ0n) is 15.4. The zero-order chi connectivity index (χ0) is 19.0. The summed E-state index contributed by atoms with van der Waals surface area (Å²) >= 11 is 1.39. The Kier molecular flexibility index (Phi) is 4.73. The van der Waals surface area contributed by atoms with Crippen LogP contribution in [0.3, 0.4) is 0 Å². The summed E-state index contributed by atoms with van der Waals surface area (Å²) in [6.45, 7) is 4.03. The van der Waals surface area contributed by atoms with Crippen LogP contribution in [-0.2, 0) is 11.8 Å². The van der Waals surface area contributed by atoms with Crippen LogP contribution in [0.25, 0.3) is 11.4 Å². The van der Waals surface area contributed by atoms with Crippen LogP contribution in [0.2, 0.25) is 0 Å². The first-order valence-electron chi connectivity index (χ1n) is 8.72. The number of anilines is 1. The number of nitrogens with zero attached hydrogens (tertiary/aromatic N) is 4. The van der Waals surface area contributed by atoms with E-state index in [1.165, 1.54) is 11.3 Å². The van der Waals surface area contributed by atoms with Gasteiger partial charge in [-0.3, -0.25) is 14.5 Å². The van der Waals surface area contributed by atoms with E-state index in [0.717, 1.165) is 28.3 Å². The second-order valence-electron chi connectivity index (χ2n) is 6.58. The highest BCUT2D eigenvalue weighted by Gasteiger charge is 2.33. The predicted molar refractivity (Wildman–Crippen MR) is 104 cm³/mol. The van der Waals surface area contributed by atoms with Crippen molar-refractivity contribution >= 4 is 22.4 Å². The monoisotopic (exact) mass is 383 g/mol. The Morgan fingerprint density at radius 2 is 2.15 bits per heavy atom. The Morgan fingerprint density at radius 1 is 1.30 bits per heavy atom. The fourth-order valence-electron chi connectivity index (χ4n) is 3.37. The number of hydrogen-bond donors (Lipinski definition) is 3. The zero-order valence-corrected chi connectivity index (χ0v) is 16.2. The Hall–Kier alpha value is -2.62. The van der Waals surface area contributed by atoms with Gasteiger partial charge in [-0.15, -0.1) is 11.3 Å². The van der Waals surface area contributed by atoms with Gasteiger partial charge in [0.05, 0.1) is 17.4 Å². The summed E-state index contributed by atoms with van der Waals surface area (Å²) < 4.78 is 1.87. The highest BCUT2D eigenvalue weighted by molar-refractivity contribution is 7.14. The van der Waals surface area contributed by atoms with Gasteiger partial charge in [0, 0.05) is 29.9 Å². The van der Waals surface area contributed by atoms with E-state index in [2.05, 4.69) is 31.2 Å². The molecule has 1 saturated heterocycles. The number of thiazole rings is 1. The summed E-state index contributed by atoms with van der Waals surface area (Å²) in [5.41, 5.74) is 11.1. The average Bonchev–Trinajstić information content (AvgIpc) is 3.37. The summed E-state index contributed by atoms with van der Waals surface area (Å²) in [5, 5.41) is 9.82. The van der Waals surface area contributed by atoms with Gasteiger partial charge in [0.15, 0.2) is 5.13 Å². The standard InChI is InChI=1S/C18H21N7OS/c1-10-16(11(2)25(3)24-10)13-8-14(23-22-13)17(26)21-18-20-15(9-27-18)12-6-4-5-7-19-12/h4-7,9,13-14,22-23H,8H2,1-3H3,(H,20,21,26). The van der Waals surface area contributed by atoms with Crippen molar-refractivity contribution in [2.24, 2.45) is 7.05 Å². The molecule has 0 bridgehead atoms. The van der Waals surface area contributed by atoms with Gasteiger partial charge in [-0.25, -0.2) is 15.8 Å². The van der Waals surface area contributed by atoms with Crippen molar-refractivity contribution in [3.8, 4) is 11.4 Å². The maximum Gasteiger partial charge on any atom is 0.244 e. The van der Waals surface area contributed by atoms with Crippen molar-refractivity contribution in [3.63, 3.8) is 0 Å². The highest BCUT2D eigenvalue weighted by atomic mass is 32.1. The molecule has 3 aromatic heterocycles. The van der Waals surface area contributed by atoms with Crippen molar-refractivity contribution in [3.05, 3.63) is 46.7 Å². The second kappa shape index (κ2) is 7.18. The topological polar surface area (TPSA) is 96.8 Å². The van der Waals surface area contributed by atoms with Crippen LogP contribution >= 0.6 is 11.3 Å². The van der Waals surface area contributed by atoms with E-state index in [4.69, 9.17) is 0 Å². The van der Waals surface area contributed by atoms with E-state index in [-0.39, 0.29) is 18.0 Å².